The van der Waals surface area contributed by atoms with Gasteiger partial charge in [0, 0.05) is 28.0 Å². The summed E-state index contributed by atoms with van der Waals surface area (Å²) in [6, 6.07) is 0. The first-order valence-corrected chi connectivity index (χ1v) is 13.2. The Morgan fingerprint density at radius 3 is 0.165 bits per heavy atom. The molecule has 0 N–H and O–H groups in total. The van der Waals surface area contributed by atoms with Gasteiger partial charge in [0.2, 0.25) is 0 Å². The lowest BCUT2D eigenvalue weighted by Crippen LogP contribution is -1.85. The molecule has 0 heteroatoms. The first-order valence-electron chi connectivity index (χ1n) is 27.1. The van der Waals surface area contributed by atoms with Crippen LogP contribution in [0.5, 0.6) is 0 Å². The topological polar surface area (TPSA) is 0 Å². The summed E-state index contributed by atoms with van der Waals surface area (Å²) >= 11 is 0. The minimum Gasteiger partial charge on any atom is -0.124 e. The zero-order valence-corrected chi connectivity index (χ0v) is 26.2. The molecule has 6 aliphatic rings. The first kappa shape index (κ1) is 210. The third-order valence-electron chi connectivity index (χ3n) is 6.00. The van der Waals surface area contributed by atoms with E-state index < -0.39 is 0 Å². The van der Waals surface area contributed by atoms with E-state index in [4.69, 9.17) is 30.6 Å². The SMILES string of the molecule is C.C.C.C.C.C.C.C.C.C.C.C.C.C.C.C.C.C.C.C.C.C.C.C.C.C.C.C.C.C.C.C.C.C.C.C.C.C.C.C.C1CCC1.C1CCC1.C1CCC1.C1CCC1.C1CCC1.C1CCC1.[3HH].[3HH].[3H]C#C.[3H]C#C.[3H]C#C.[3H]C#C.[3H]C[3H].[3H]C[3H].[3H]C[3H].[3H]C[3H].[3H]C[3H].[3H]C[3H].[3H]C[3H].[3H][3H].[3H][3H]. The summed E-state index contributed by atoms with van der Waals surface area (Å²) in [6.45, 7) is 0. The highest BCUT2D eigenvalue weighted by Crippen LogP contribution is 2.17. The van der Waals surface area contributed by atoms with Crippen LogP contribution in [0.25, 0.3) is 0 Å². The Hall–Kier alpha value is -1.76. The van der Waals surface area contributed by atoms with E-state index in [1.165, 1.54) is 180 Å². The van der Waals surface area contributed by atoms with Gasteiger partial charge in [-0.25, -0.2) is 0 Å². The number of terminal acetylenes is 4. The summed E-state index contributed by atoms with van der Waals surface area (Å²) in [5.74, 6) is 0. The molecule has 0 radical (unpaired) electrons. The molecule has 568 valence electrons. The maximum atomic E-state index is 5.88. The summed E-state index contributed by atoms with van der Waals surface area (Å²) < 4.78 is 125. The van der Waals surface area contributed by atoms with Gasteiger partial charge < -0.3 is 0 Å². The summed E-state index contributed by atoms with van der Waals surface area (Å²) in [4.78, 5) is 0. The van der Waals surface area contributed by atoms with Crippen molar-refractivity contribution in [3.05, 3.63) is 0 Å². The molecule has 0 atom stereocenters. The molecule has 6 aliphatic carbocycles. The third-order valence-corrected chi connectivity index (χ3v) is 6.00. The molecule has 6 fully saturated rings. The van der Waals surface area contributed by atoms with E-state index >= 15 is 0 Å². The number of hydrogen-bond donors (Lipinski definition) is 0. The van der Waals surface area contributed by atoms with E-state index in [0.29, 0.717) is 0 Å². The molecule has 0 unspecified atom stereocenters. The van der Waals surface area contributed by atoms with Crippen molar-refractivity contribution in [3.63, 3.8) is 0 Å². The van der Waals surface area contributed by atoms with Gasteiger partial charge in [-0.2, -0.15) is 0 Å². The Morgan fingerprint density at radius 2 is 0.165 bits per heavy atom. The Balaban J connectivity index is -0.00000000437. The van der Waals surface area contributed by atoms with Crippen molar-refractivity contribution in [2.75, 3.05) is 0 Å². The molecule has 6 saturated carbocycles. The predicted molar refractivity (Wildman–Crippen MR) is 475 cm³/mol. The second-order valence-electron chi connectivity index (χ2n) is 8.49. The predicted octanol–water partition coefficient (Wildman–Crippen LogP) is 41.2. The fourth-order valence-electron chi connectivity index (χ4n) is 1.50. The average molecular weight is 1250 g/mol. The van der Waals surface area contributed by atoms with Gasteiger partial charge in [-0.15, -0.1) is 51.3 Å². The molecule has 0 spiro atoms. The zero-order chi connectivity index (χ0) is 50.7. The number of hydrogen-bond acceptors (Lipinski definition) is 0. The van der Waals surface area contributed by atoms with Gasteiger partial charge in [0.15, 0.2) is 0 Å². The van der Waals surface area contributed by atoms with E-state index in [-0.39, 0.29) is 352 Å². The molecule has 0 aromatic rings. The van der Waals surface area contributed by atoms with Crippen LogP contribution in [0.2, 0.25) is 0 Å². The van der Waals surface area contributed by atoms with Crippen LogP contribution in [0.4, 0.5) is 0 Å². The molecule has 0 heterocycles. The lowest BCUT2D eigenvalue weighted by atomic mass is 10.0. The van der Waals surface area contributed by atoms with Crippen LogP contribution in [0, 0.1) is 51.3 Å². The lowest BCUT2D eigenvalue weighted by Gasteiger charge is -2.05. The molecule has 0 aliphatic heterocycles. The second-order valence-corrected chi connectivity index (χ2v) is 8.49. The molecular formula is C79H252. The zero-order valence-electron chi connectivity index (χ0n) is 48.2. The molecule has 0 saturated heterocycles. The Kier molecular flexibility index (Phi) is 2320. The largest absolute Gasteiger partial charge is 0.124 e. The van der Waals surface area contributed by atoms with Crippen molar-refractivity contribution in [2.45, 2.75) is 503 Å². The summed E-state index contributed by atoms with van der Waals surface area (Å²) in [6.07, 6.45) is 59.1. The third kappa shape index (κ3) is 850. The van der Waals surface area contributed by atoms with Gasteiger partial charge in [0.05, 0.1) is 0 Å². The second kappa shape index (κ2) is 873. The quantitative estimate of drug-likeness (QED) is 0.212. The molecular weight excluding hydrogens is 949 g/mol. The van der Waals surface area contributed by atoms with Crippen LogP contribution in [0.1, 0.15) is 536 Å². The van der Waals surface area contributed by atoms with Gasteiger partial charge in [0.1, 0.15) is 5.48 Å². The molecule has 6 rings (SSSR count). The van der Waals surface area contributed by atoms with Gasteiger partial charge in [-0.05, 0) is 0 Å². The highest BCUT2D eigenvalue weighted by Gasteiger charge is 1.97. The van der Waals surface area contributed by atoms with Crippen LogP contribution in [0.15, 0.2) is 0 Å². The monoisotopic (exact) mass is 1250 g/mol. The molecule has 0 aromatic carbocycles. The average Bonchev–Trinajstić information content (AvgIpc) is 3.02. The lowest BCUT2D eigenvalue weighted by molar-refractivity contribution is 0.504. The van der Waals surface area contributed by atoms with Crippen molar-refractivity contribution in [3.8, 4) is 51.3 Å². The van der Waals surface area contributed by atoms with Crippen molar-refractivity contribution >= 4 is 0 Å². The molecule has 0 nitrogen and oxygen atoms in total. The van der Waals surface area contributed by atoms with E-state index in [1.807, 2.05) is 0 Å². The van der Waals surface area contributed by atoms with Crippen LogP contribution in [-0.4, -0.2) is 0 Å². The minimum absolute atomic E-state index is 0. The van der Waals surface area contributed by atoms with Crippen molar-refractivity contribution in [1.82, 2.24) is 0 Å². The maximum absolute atomic E-state index is 5.88. The fourth-order valence-corrected chi connectivity index (χ4v) is 1.50. The first-order chi connectivity index (χ1) is 29.6. The maximum Gasteiger partial charge on any atom is 0.124 e. The van der Waals surface area contributed by atoms with Gasteiger partial charge in [-0.1, -0.05) is 503 Å². The normalized spacial score (nSPS) is 9.72. The van der Waals surface area contributed by atoms with Crippen LogP contribution in [-0.2, 0) is 0 Å². The van der Waals surface area contributed by atoms with Crippen LogP contribution >= 0.6 is 0 Å². The minimum atomic E-state index is -0.250. The van der Waals surface area contributed by atoms with Crippen molar-refractivity contribution in [1.29, 1.82) is 0 Å². The number of rotatable bonds is 0. The Morgan fingerprint density at radius 1 is 0.152 bits per heavy atom. The van der Waals surface area contributed by atoms with Crippen LogP contribution in [0.3, 0.4) is 0 Å². The standard InChI is InChI=1S/6C4H8.4C2H2.47CH4.4H2/c6*1-2-4-3-1;4*1-2;;;;;;;;;;;;;;;;;;;;;;;;;;;;;;;;;;;;;;;;;;;;;;;;;;;/h6*1-4H2;4*1-2H;47*1H4;4*1H/i;;;;;;4*1T;7*1T2;;;;;;;;;;;;;;;;;;;;;;;;;;;;;;;;;;;;;;;;;2*1+2T;2*1+2. The smallest absolute Gasteiger partial charge is 0.124 e. The highest BCUT2D eigenvalue weighted by molar-refractivity contribution is 4.53. The molecule has 0 amide bonds. The van der Waals surface area contributed by atoms with E-state index in [1.54, 1.807) is 0 Å². The highest BCUT2D eigenvalue weighted by atomic mass is 14.0. The van der Waals surface area contributed by atoms with Gasteiger partial charge in [0.25, 0.3) is 0 Å². The Labute approximate surface area is 586 Å². The van der Waals surface area contributed by atoms with E-state index in [0.717, 1.165) is 0 Å². The van der Waals surface area contributed by atoms with Crippen molar-refractivity contribution < 1.29 is 33.5 Å². The van der Waals surface area contributed by atoms with Gasteiger partial charge in [-0.3, -0.25) is 0 Å². The van der Waals surface area contributed by atoms with Crippen molar-refractivity contribution in [2.24, 2.45) is 0 Å². The molecule has 0 aromatic heterocycles. The van der Waals surface area contributed by atoms with Crippen LogP contribution < -0.4 is 0 Å². The van der Waals surface area contributed by atoms with Gasteiger partial charge >= 0.3 is 0 Å². The summed E-state index contributed by atoms with van der Waals surface area (Å²) in [5, 5.41) is 0. The molecule has 0 bridgehead atoms. The molecule has 79 heavy (non-hydrogen) atoms. The summed E-state index contributed by atoms with van der Waals surface area (Å²) in [5.41, 5.74) is 0. The van der Waals surface area contributed by atoms with E-state index in [2.05, 4.69) is 25.7 Å². The fraction of sp³-hybridized carbons (Fsp3) is 0.899. The summed E-state index contributed by atoms with van der Waals surface area (Å²) in [7, 11) is -1.75. The van der Waals surface area contributed by atoms with E-state index in [9.17, 15) is 0 Å². The Bertz CT molecular complexity index is 501.